The van der Waals surface area contributed by atoms with E-state index in [1.54, 1.807) is 0 Å². The van der Waals surface area contributed by atoms with Crippen molar-refractivity contribution in [3.8, 4) is 89.3 Å². The predicted octanol–water partition coefficient (Wildman–Crippen LogP) is 15.0. The summed E-state index contributed by atoms with van der Waals surface area (Å²) in [5.41, 5.74) is 24.9. The summed E-state index contributed by atoms with van der Waals surface area (Å²) < 4.78 is 0. The minimum Gasteiger partial charge on any atom is -0.265 e. The summed E-state index contributed by atoms with van der Waals surface area (Å²) in [6, 6.07) is 61.9. The monoisotopic (exact) mass is 820 g/mol. The standard InChI is InChI=1S/C60H44N4/c1-59(2)51-11-7-5-9-45(51)47-23-21-43(33-53(47)59)49-35-55-56(36-50(49)44-22-24-48-46-10-6-8-12-52(46)60(3,4)54(48)34-44)64-58(42-19-15-38(16-20-42)40-27-31-62-32-28-40)57(63-55)41-17-13-37(14-18-41)39-25-29-61-30-26-39/h5-36H,1-4H3. The second-order valence-electron chi connectivity index (χ2n) is 18.3. The van der Waals surface area contributed by atoms with Crippen molar-refractivity contribution in [2.24, 2.45) is 0 Å². The summed E-state index contributed by atoms with van der Waals surface area (Å²) in [5, 5.41) is 0. The maximum atomic E-state index is 5.59. The average molecular weight is 821 g/mol. The second-order valence-corrected chi connectivity index (χ2v) is 18.3. The molecule has 4 heteroatoms. The van der Waals surface area contributed by atoms with Gasteiger partial charge in [0.15, 0.2) is 0 Å². The molecule has 7 aromatic carbocycles. The molecule has 0 aliphatic heterocycles. The molecule has 0 bridgehead atoms. The topological polar surface area (TPSA) is 51.6 Å². The summed E-state index contributed by atoms with van der Waals surface area (Å²) in [4.78, 5) is 19.6. The Morgan fingerprint density at radius 2 is 0.609 bits per heavy atom. The highest BCUT2D eigenvalue weighted by Gasteiger charge is 2.37. The minimum atomic E-state index is -0.139. The van der Waals surface area contributed by atoms with Gasteiger partial charge in [0.2, 0.25) is 0 Å². The van der Waals surface area contributed by atoms with Crippen molar-refractivity contribution in [1.82, 2.24) is 19.9 Å². The van der Waals surface area contributed by atoms with Gasteiger partial charge in [-0.1, -0.05) is 149 Å². The van der Waals surface area contributed by atoms with E-state index in [1.165, 1.54) is 55.6 Å². The molecule has 12 rings (SSSR count). The van der Waals surface area contributed by atoms with Gasteiger partial charge in [-0.15, -0.1) is 0 Å². The first-order valence-corrected chi connectivity index (χ1v) is 22.1. The smallest absolute Gasteiger partial charge is 0.0973 e. The van der Waals surface area contributed by atoms with E-state index < -0.39 is 0 Å². The molecule has 3 aromatic heterocycles. The molecule has 0 spiro atoms. The molecule has 10 aromatic rings. The van der Waals surface area contributed by atoms with E-state index >= 15 is 0 Å². The molecule has 0 atom stereocenters. The van der Waals surface area contributed by atoms with Crippen LogP contribution < -0.4 is 0 Å². The lowest BCUT2D eigenvalue weighted by Crippen LogP contribution is -2.15. The van der Waals surface area contributed by atoms with E-state index in [-0.39, 0.29) is 10.8 Å². The molecule has 0 fully saturated rings. The third-order valence-electron chi connectivity index (χ3n) is 13.9. The van der Waals surface area contributed by atoms with Crippen molar-refractivity contribution < 1.29 is 0 Å². The summed E-state index contributed by atoms with van der Waals surface area (Å²) in [6.45, 7) is 9.41. The van der Waals surface area contributed by atoms with Gasteiger partial charge in [-0.3, -0.25) is 9.97 Å². The Morgan fingerprint density at radius 1 is 0.281 bits per heavy atom. The molecule has 4 nitrogen and oxygen atoms in total. The maximum absolute atomic E-state index is 5.59. The number of hydrogen-bond donors (Lipinski definition) is 0. The molecule has 0 amide bonds. The molecule has 0 radical (unpaired) electrons. The largest absolute Gasteiger partial charge is 0.265 e. The van der Waals surface area contributed by atoms with Crippen LogP contribution in [0.1, 0.15) is 49.9 Å². The van der Waals surface area contributed by atoms with E-state index in [4.69, 9.17) is 9.97 Å². The summed E-state index contributed by atoms with van der Waals surface area (Å²) in [5.74, 6) is 0. The number of fused-ring (bicyclic) bond motifs is 7. The van der Waals surface area contributed by atoms with Gasteiger partial charge in [0.05, 0.1) is 22.4 Å². The van der Waals surface area contributed by atoms with Crippen LogP contribution in [0.15, 0.2) is 195 Å². The predicted molar refractivity (Wildman–Crippen MR) is 263 cm³/mol. The first kappa shape index (κ1) is 37.9. The molecule has 2 aliphatic rings. The zero-order chi connectivity index (χ0) is 43.2. The molecule has 0 N–H and O–H groups in total. The van der Waals surface area contributed by atoms with Crippen molar-refractivity contribution in [3.63, 3.8) is 0 Å². The Kier molecular flexibility index (Phi) is 8.51. The number of pyridine rings is 2. The van der Waals surface area contributed by atoms with Crippen LogP contribution in [0.25, 0.3) is 100 Å². The molecule has 2 aliphatic carbocycles. The molecule has 0 unspecified atom stereocenters. The molecular weight excluding hydrogens is 777 g/mol. The molecule has 304 valence electrons. The zero-order valence-electron chi connectivity index (χ0n) is 36.3. The van der Waals surface area contributed by atoms with Gasteiger partial charge in [-0.2, -0.15) is 0 Å². The van der Waals surface area contributed by atoms with E-state index in [9.17, 15) is 0 Å². The van der Waals surface area contributed by atoms with Crippen LogP contribution in [0.3, 0.4) is 0 Å². The number of rotatable bonds is 6. The minimum absolute atomic E-state index is 0.139. The summed E-state index contributed by atoms with van der Waals surface area (Å²) in [6.07, 6.45) is 7.34. The summed E-state index contributed by atoms with van der Waals surface area (Å²) >= 11 is 0. The van der Waals surface area contributed by atoms with Crippen molar-refractivity contribution >= 4 is 11.0 Å². The van der Waals surface area contributed by atoms with Gasteiger partial charge >= 0.3 is 0 Å². The Bertz CT molecular complexity index is 3230. The first-order chi connectivity index (χ1) is 31.2. The van der Waals surface area contributed by atoms with Crippen LogP contribution in [0.4, 0.5) is 0 Å². The fraction of sp³-hybridized carbons (Fsp3) is 0.100. The maximum Gasteiger partial charge on any atom is 0.0973 e. The van der Waals surface area contributed by atoms with E-state index in [2.05, 4.69) is 183 Å². The van der Waals surface area contributed by atoms with E-state index in [0.717, 1.165) is 66.9 Å². The number of aromatic nitrogens is 4. The number of hydrogen-bond acceptors (Lipinski definition) is 4. The molecule has 64 heavy (non-hydrogen) atoms. The Morgan fingerprint density at radius 3 is 1.02 bits per heavy atom. The van der Waals surface area contributed by atoms with Crippen LogP contribution in [-0.2, 0) is 10.8 Å². The van der Waals surface area contributed by atoms with Crippen molar-refractivity contribution in [2.75, 3.05) is 0 Å². The first-order valence-electron chi connectivity index (χ1n) is 22.1. The van der Waals surface area contributed by atoms with E-state index in [1.807, 2.05) is 49.1 Å². The van der Waals surface area contributed by atoms with Gasteiger partial charge in [0.25, 0.3) is 0 Å². The third-order valence-corrected chi connectivity index (χ3v) is 13.9. The zero-order valence-corrected chi connectivity index (χ0v) is 36.3. The molecule has 0 saturated carbocycles. The van der Waals surface area contributed by atoms with Crippen molar-refractivity contribution in [2.45, 2.75) is 38.5 Å². The summed E-state index contributed by atoms with van der Waals surface area (Å²) in [7, 11) is 0. The molecular formula is C60H44N4. The highest BCUT2D eigenvalue weighted by Crippen LogP contribution is 2.52. The quantitative estimate of drug-likeness (QED) is 0.168. The van der Waals surface area contributed by atoms with Gasteiger partial charge in [-0.25, -0.2) is 9.97 Å². The normalized spacial score (nSPS) is 13.9. The van der Waals surface area contributed by atoms with Crippen LogP contribution in [-0.4, -0.2) is 19.9 Å². The van der Waals surface area contributed by atoms with Crippen molar-refractivity contribution in [3.05, 3.63) is 217 Å². The van der Waals surface area contributed by atoms with Crippen LogP contribution in [0.5, 0.6) is 0 Å². The Labute approximate surface area is 374 Å². The van der Waals surface area contributed by atoms with Crippen LogP contribution in [0.2, 0.25) is 0 Å². The second kappa shape index (κ2) is 14.4. The third kappa shape index (κ3) is 5.97. The van der Waals surface area contributed by atoms with Crippen LogP contribution >= 0.6 is 0 Å². The lowest BCUT2D eigenvalue weighted by molar-refractivity contribution is 0.660. The number of nitrogens with zero attached hydrogens (tertiary/aromatic N) is 4. The lowest BCUT2D eigenvalue weighted by Gasteiger charge is -2.23. The van der Waals surface area contributed by atoms with Crippen LogP contribution in [0, 0.1) is 0 Å². The van der Waals surface area contributed by atoms with Crippen molar-refractivity contribution in [1.29, 1.82) is 0 Å². The molecule has 0 saturated heterocycles. The highest BCUT2D eigenvalue weighted by atomic mass is 14.8. The van der Waals surface area contributed by atoms with Gasteiger partial charge in [0, 0.05) is 46.7 Å². The van der Waals surface area contributed by atoms with Gasteiger partial charge in [0.1, 0.15) is 0 Å². The fourth-order valence-corrected chi connectivity index (χ4v) is 10.5. The van der Waals surface area contributed by atoms with Gasteiger partial charge in [-0.05, 0) is 138 Å². The SMILES string of the molecule is CC1(C)c2ccccc2-c2ccc(-c3cc4nc(-c5ccc(-c6ccncc6)cc5)c(-c5ccc(-c6ccncc6)cc5)nc4cc3-c3ccc4c(c3)C(C)(C)c3ccccc3-4)cc21. The highest BCUT2D eigenvalue weighted by molar-refractivity contribution is 5.98. The van der Waals surface area contributed by atoms with Gasteiger partial charge < -0.3 is 0 Å². The Hall–Kier alpha value is -7.82. The number of benzene rings is 7. The molecule has 3 heterocycles. The lowest BCUT2D eigenvalue weighted by atomic mass is 9.80. The fourth-order valence-electron chi connectivity index (χ4n) is 10.5. The average Bonchev–Trinajstić information content (AvgIpc) is 3.72. The van der Waals surface area contributed by atoms with E-state index in [0.29, 0.717) is 0 Å². The Balaban J connectivity index is 1.08.